The van der Waals surface area contributed by atoms with Gasteiger partial charge in [0, 0.05) is 5.69 Å². The smallest absolute Gasteiger partial charge is 0.354 e. The van der Waals surface area contributed by atoms with E-state index in [1.54, 1.807) is 13.0 Å². The van der Waals surface area contributed by atoms with Crippen LogP contribution in [0.25, 0.3) is 0 Å². The molecule has 1 aliphatic carbocycles. The minimum absolute atomic E-state index is 0.0265. The molecular weight excluding hydrogens is 328 g/mol. The highest BCUT2D eigenvalue weighted by Crippen LogP contribution is 2.37. The number of esters is 1. The predicted octanol–water partition coefficient (Wildman–Crippen LogP) is 3.75. The maximum Gasteiger partial charge on any atom is 0.354 e. The van der Waals surface area contributed by atoms with E-state index in [4.69, 9.17) is 4.74 Å². The molecule has 1 fully saturated rings. The van der Waals surface area contributed by atoms with Gasteiger partial charge in [0.15, 0.2) is 0 Å². The van der Waals surface area contributed by atoms with Crippen molar-refractivity contribution in [1.82, 2.24) is 10.3 Å². The van der Waals surface area contributed by atoms with Gasteiger partial charge in [-0.3, -0.25) is 5.32 Å². The van der Waals surface area contributed by atoms with Gasteiger partial charge in [0.2, 0.25) is 0 Å². The van der Waals surface area contributed by atoms with Crippen LogP contribution >= 0.6 is 0 Å². The Bertz CT molecular complexity index is 692. The topological polar surface area (TPSA) is 74.3 Å². The highest BCUT2D eigenvalue weighted by atomic mass is 16.5. The van der Waals surface area contributed by atoms with Gasteiger partial charge in [0.1, 0.15) is 5.69 Å². The second kappa shape index (κ2) is 9.01. The average Bonchev–Trinajstić information content (AvgIpc) is 3.36. The van der Waals surface area contributed by atoms with Gasteiger partial charge in [-0.15, -0.1) is 0 Å². The molecule has 26 heavy (non-hydrogen) atoms. The number of aliphatic hydroxyl groups excluding tert-OH is 1. The number of hydrogen-bond donors (Lipinski definition) is 3. The zero-order valence-electron chi connectivity index (χ0n) is 15.3. The van der Waals surface area contributed by atoms with Crippen LogP contribution in [0.1, 0.15) is 66.4 Å². The van der Waals surface area contributed by atoms with Crippen molar-refractivity contribution in [2.24, 2.45) is 5.92 Å². The number of carbonyl (C=O) groups excluding carboxylic acids is 1. The molecule has 5 nitrogen and oxygen atoms in total. The molecule has 140 valence electrons. The van der Waals surface area contributed by atoms with Gasteiger partial charge < -0.3 is 14.8 Å². The second-order valence-electron chi connectivity index (χ2n) is 6.88. The molecule has 0 radical (unpaired) electrons. The van der Waals surface area contributed by atoms with E-state index >= 15 is 0 Å². The number of H-pyrrole nitrogens is 1. The Labute approximate surface area is 154 Å². The summed E-state index contributed by atoms with van der Waals surface area (Å²) in [6, 6.07) is 13.7. The number of aromatic nitrogens is 1. The highest BCUT2D eigenvalue weighted by molar-refractivity contribution is 5.87. The van der Waals surface area contributed by atoms with Crippen LogP contribution in [0.15, 0.2) is 42.5 Å². The van der Waals surface area contributed by atoms with Gasteiger partial charge in [-0.2, -0.15) is 0 Å². The number of aromatic amines is 1. The fourth-order valence-electron chi connectivity index (χ4n) is 3.85. The summed E-state index contributed by atoms with van der Waals surface area (Å²) in [5.41, 5.74) is 2.52. The molecule has 2 aromatic rings. The molecule has 0 unspecified atom stereocenters. The molecule has 3 N–H and O–H groups in total. The minimum atomic E-state index is -0.328. The summed E-state index contributed by atoms with van der Waals surface area (Å²) in [6.07, 6.45) is 4.75. The molecule has 0 amide bonds. The fraction of sp³-hybridized carbons (Fsp3) is 0.476. The number of benzene rings is 1. The Morgan fingerprint density at radius 3 is 2.62 bits per heavy atom. The van der Waals surface area contributed by atoms with Crippen molar-refractivity contribution in [3.63, 3.8) is 0 Å². The first-order valence-electron chi connectivity index (χ1n) is 9.50. The Hall–Kier alpha value is -2.11. The Balaban J connectivity index is 1.82. The zero-order chi connectivity index (χ0) is 18.4. The van der Waals surface area contributed by atoms with E-state index in [1.165, 1.54) is 12.8 Å². The molecule has 0 aliphatic heterocycles. The van der Waals surface area contributed by atoms with Crippen LogP contribution in [0.5, 0.6) is 0 Å². The normalized spacial score (nSPS) is 17.2. The quantitative estimate of drug-likeness (QED) is 0.630. The van der Waals surface area contributed by atoms with E-state index in [-0.39, 0.29) is 24.7 Å². The lowest BCUT2D eigenvalue weighted by Crippen LogP contribution is -2.33. The van der Waals surface area contributed by atoms with Gasteiger partial charge in [0.25, 0.3) is 0 Å². The molecule has 1 heterocycles. The number of hydrogen-bond acceptors (Lipinski definition) is 4. The first-order chi connectivity index (χ1) is 12.7. The maximum atomic E-state index is 12.0. The average molecular weight is 356 g/mol. The van der Waals surface area contributed by atoms with Crippen molar-refractivity contribution in [2.75, 3.05) is 13.2 Å². The number of nitrogens with one attached hydrogen (secondary N) is 2. The maximum absolute atomic E-state index is 12.0. The van der Waals surface area contributed by atoms with Crippen LogP contribution in [-0.2, 0) is 4.74 Å². The monoisotopic (exact) mass is 356 g/mol. The molecule has 3 rings (SSSR count). The summed E-state index contributed by atoms with van der Waals surface area (Å²) in [4.78, 5) is 15.2. The number of rotatable bonds is 8. The van der Waals surface area contributed by atoms with Crippen molar-refractivity contribution in [2.45, 2.75) is 44.7 Å². The van der Waals surface area contributed by atoms with E-state index in [2.05, 4.69) is 10.3 Å². The summed E-state index contributed by atoms with van der Waals surface area (Å²) < 4.78 is 5.09. The van der Waals surface area contributed by atoms with Crippen molar-refractivity contribution >= 4 is 5.97 Å². The third kappa shape index (κ3) is 4.34. The van der Waals surface area contributed by atoms with Crippen LogP contribution in [0.4, 0.5) is 0 Å². The van der Waals surface area contributed by atoms with Gasteiger partial charge in [0.05, 0.1) is 25.3 Å². The second-order valence-corrected chi connectivity index (χ2v) is 6.88. The van der Waals surface area contributed by atoms with Crippen LogP contribution in [0, 0.1) is 5.92 Å². The van der Waals surface area contributed by atoms with Gasteiger partial charge in [-0.25, -0.2) is 4.79 Å². The van der Waals surface area contributed by atoms with E-state index in [0.29, 0.717) is 18.2 Å². The summed E-state index contributed by atoms with van der Waals surface area (Å²) in [5.74, 6) is 0.159. The van der Waals surface area contributed by atoms with Gasteiger partial charge in [-0.05, 0) is 43.4 Å². The van der Waals surface area contributed by atoms with E-state index < -0.39 is 0 Å². The van der Waals surface area contributed by atoms with Crippen molar-refractivity contribution in [3.8, 4) is 0 Å². The molecule has 1 saturated carbocycles. The Morgan fingerprint density at radius 1 is 1.23 bits per heavy atom. The number of aliphatic hydroxyl groups is 1. The summed E-state index contributed by atoms with van der Waals surface area (Å²) in [7, 11) is 0. The predicted molar refractivity (Wildman–Crippen MR) is 101 cm³/mol. The first kappa shape index (κ1) is 18.7. The van der Waals surface area contributed by atoms with Crippen molar-refractivity contribution in [1.29, 1.82) is 0 Å². The third-order valence-corrected chi connectivity index (χ3v) is 5.18. The molecule has 1 aliphatic rings. The summed E-state index contributed by atoms with van der Waals surface area (Å²) in [5, 5.41) is 13.6. The number of carbonyl (C=O) groups is 1. The molecule has 2 atom stereocenters. The van der Waals surface area contributed by atoms with Crippen LogP contribution in [0.3, 0.4) is 0 Å². The van der Waals surface area contributed by atoms with E-state index in [9.17, 15) is 9.90 Å². The van der Waals surface area contributed by atoms with Crippen molar-refractivity contribution < 1.29 is 14.6 Å². The first-order valence-corrected chi connectivity index (χ1v) is 9.50. The van der Waals surface area contributed by atoms with E-state index in [1.807, 2.05) is 36.4 Å². The lowest BCUT2D eigenvalue weighted by molar-refractivity contribution is 0.0520. The fourth-order valence-corrected chi connectivity index (χ4v) is 3.85. The molecule has 0 spiro atoms. The largest absolute Gasteiger partial charge is 0.461 e. The van der Waals surface area contributed by atoms with Gasteiger partial charge in [-0.1, -0.05) is 43.2 Å². The van der Waals surface area contributed by atoms with E-state index in [0.717, 1.165) is 24.1 Å². The Morgan fingerprint density at radius 2 is 1.96 bits per heavy atom. The van der Waals surface area contributed by atoms with Crippen LogP contribution in [-0.4, -0.2) is 29.3 Å². The zero-order valence-corrected chi connectivity index (χ0v) is 15.3. The molecule has 1 aromatic heterocycles. The molecule has 5 heteroatoms. The minimum Gasteiger partial charge on any atom is -0.461 e. The van der Waals surface area contributed by atoms with Crippen molar-refractivity contribution in [3.05, 3.63) is 59.4 Å². The van der Waals surface area contributed by atoms with Crippen LogP contribution in [0.2, 0.25) is 0 Å². The SMILES string of the molecule is CCOC(=O)c1ccc([C@@H](N[C@H](CO)c2ccccc2)C2CCCC2)[nH]1. The van der Waals surface area contributed by atoms with Crippen LogP contribution < -0.4 is 5.32 Å². The molecule has 1 aromatic carbocycles. The molecule has 0 saturated heterocycles. The highest BCUT2D eigenvalue weighted by Gasteiger charge is 2.30. The van der Waals surface area contributed by atoms with Gasteiger partial charge >= 0.3 is 5.97 Å². The molecular formula is C21H28N2O3. The lowest BCUT2D eigenvalue weighted by Gasteiger charge is -2.29. The molecule has 0 bridgehead atoms. The summed E-state index contributed by atoms with van der Waals surface area (Å²) >= 11 is 0. The third-order valence-electron chi connectivity index (χ3n) is 5.18. The summed E-state index contributed by atoms with van der Waals surface area (Å²) in [6.45, 7) is 2.19. The lowest BCUT2D eigenvalue weighted by atomic mass is 9.93. The Kier molecular flexibility index (Phi) is 6.47. The standard InChI is InChI=1S/C21H28N2O3/c1-2-26-21(25)18-13-12-17(22-18)20(16-10-6-7-11-16)23-19(14-24)15-8-4-3-5-9-15/h3-5,8-9,12-13,16,19-20,22-24H,2,6-7,10-11,14H2,1H3/t19-,20+/m1/s1. The number of ether oxygens (including phenoxy) is 1.